The van der Waals surface area contributed by atoms with Crippen molar-refractivity contribution in [3.8, 4) is 0 Å². The lowest BCUT2D eigenvalue weighted by atomic mass is 10.8. The maximum Gasteiger partial charge on any atom is 0.399 e. The molecule has 0 radical (unpaired) electrons. The number of aliphatic imine (C=N–C) groups is 1. The fraction of sp³-hybridized carbons (Fsp3) is 0.286. The minimum absolute atomic E-state index is 1.03. The van der Waals surface area contributed by atoms with E-state index in [0.717, 1.165) is 19.1 Å². The summed E-state index contributed by atoms with van der Waals surface area (Å²) in [6.07, 6.45) is 7.20. The molecule has 0 aromatic heterocycles. The second-order valence-electron chi connectivity index (χ2n) is 2.04. The molecule has 0 saturated carbocycles. The van der Waals surface area contributed by atoms with E-state index in [4.69, 9.17) is 0 Å². The topological polar surface area (TPSA) is 69.4 Å². The van der Waals surface area contributed by atoms with Crippen LogP contribution in [0.5, 0.6) is 0 Å². The first kappa shape index (κ1) is 13.0. The van der Waals surface area contributed by atoms with E-state index >= 15 is 0 Å². The van der Waals surface area contributed by atoms with Crippen LogP contribution in [0.3, 0.4) is 0 Å². The molecule has 0 fully saturated rings. The van der Waals surface area contributed by atoms with Crippen LogP contribution in [0.25, 0.3) is 0 Å². The minimum Gasteiger partial charge on any atom is -0.252 e. The van der Waals surface area contributed by atoms with Crippen LogP contribution in [0.15, 0.2) is 30.2 Å². The lowest BCUT2D eigenvalue weighted by Gasteiger charge is -1.91. The fourth-order valence-electron chi connectivity index (χ4n) is 0.490. The zero-order valence-electron chi connectivity index (χ0n) is 8.00. The molecule has 0 amide bonds. The first-order valence-electron chi connectivity index (χ1n) is 3.61. The number of nitrogens with zero attached hydrogens (tertiary/aromatic N) is 1. The van der Waals surface area contributed by atoms with Gasteiger partial charge in [-0.15, -0.1) is 0 Å². The number of rotatable bonds is 3. The third kappa shape index (κ3) is 5.60. The van der Waals surface area contributed by atoms with Gasteiger partial charge >= 0.3 is 10.4 Å². The van der Waals surface area contributed by atoms with Crippen LogP contribution >= 0.6 is 0 Å². The Hall–Kier alpha value is -1.02. The predicted octanol–water partition coefficient (Wildman–Crippen LogP) is -0.948. The second-order valence-corrected chi connectivity index (χ2v) is 3.52. The number of hydrogen-bond donors (Lipinski definition) is 1. The average molecular weight is 221 g/mol. The molecule has 0 bridgehead atoms. The van der Waals surface area contributed by atoms with Gasteiger partial charge < -0.3 is 0 Å². The van der Waals surface area contributed by atoms with Crippen LogP contribution in [-0.2, 0) is 18.8 Å². The summed E-state index contributed by atoms with van der Waals surface area (Å²) in [5, 5.41) is 0. The highest BCUT2D eigenvalue weighted by atomic mass is 32.3. The SMILES string of the molecule is C=C[NH+]1C=CN=C1.COS(=O)(=O)OC. The van der Waals surface area contributed by atoms with Crippen LogP contribution < -0.4 is 4.90 Å². The zero-order chi connectivity index (χ0) is 11.0. The Labute approximate surface area is 83.5 Å². The molecule has 14 heavy (non-hydrogen) atoms. The predicted molar refractivity (Wildman–Crippen MR) is 51.7 cm³/mol. The maximum atomic E-state index is 9.92. The highest BCUT2D eigenvalue weighted by Crippen LogP contribution is 1.85. The maximum absolute atomic E-state index is 9.92. The Morgan fingerprint density at radius 1 is 1.43 bits per heavy atom. The summed E-state index contributed by atoms with van der Waals surface area (Å²) in [7, 11) is -1.60. The Bertz CT molecular complexity index is 299. The first-order valence-corrected chi connectivity index (χ1v) is 4.94. The summed E-state index contributed by atoms with van der Waals surface area (Å²) >= 11 is 0. The molecule has 80 valence electrons. The van der Waals surface area contributed by atoms with Crippen molar-refractivity contribution in [2.45, 2.75) is 0 Å². The van der Waals surface area contributed by atoms with Crippen LogP contribution in [0.4, 0.5) is 0 Å². The van der Waals surface area contributed by atoms with Crippen molar-refractivity contribution < 1.29 is 21.7 Å². The molecule has 0 aromatic carbocycles. The van der Waals surface area contributed by atoms with Gasteiger partial charge in [-0.1, -0.05) is 0 Å². The summed E-state index contributed by atoms with van der Waals surface area (Å²) in [5.74, 6) is 0. The van der Waals surface area contributed by atoms with E-state index in [1.165, 1.54) is 0 Å². The molecular weight excluding hydrogens is 208 g/mol. The van der Waals surface area contributed by atoms with Crippen LogP contribution in [0.1, 0.15) is 0 Å². The van der Waals surface area contributed by atoms with Gasteiger partial charge in [0.2, 0.25) is 0 Å². The Kier molecular flexibility index (Phi) is 5.97. The quantitative estimate of drug-likeness (QED) is 0.667. The van der Waals surface area contributed by atoms with Gasteiger partial charge in [0.05, 0.1) is 26.6 Å². The standard InChI is InChI=1S/C5H6N2.C2H6O4S/c1-2-7-4-3-6-5-7;1-5-7(3,4)6-2/h2-5H,1H2;1-2H3/p+1. The fourth-order valence-corrected chi connectivity index (χ4v) is 0.626. The molecule has 0 aromatic rings. The van der Waals surface area contributed by atoms with E-state index in [1.807, 2.05) is 6.20 Å². The van der Waals surface area contributed by atoms with E-state index in [1.54, 1.807) is 18.7 Å². The van der Waals surface area contributed by atoms with Crippen molar-refractivity contribution in [3.63, 3.8) is 0 Å². The molecule has 0 saturated heterocycles. The van der Waals surface area contributed by atoms with Crippen LogP contribution in [0.2, 0.25) is 0 Å². The molecule has 1 unspecified atom stereocenters. The summed E-state index contributed by atoms with van der Waals surface area (Å²) in [6.45, 7) is 3.56. The van der Waals surface area contributed by atoms with Crippen molar-refractivity contribution in [3.05, 3.63) is 25.2 Å². The second kappa shape index (κ2) is 6.44. The van der Waals surface area contributed by atoms with Gasteiger partial charge in [0.15, 0.2) is 6.34 Å². The summed E-state index contributed by atoms with van der Waals surface area (Å²) in [5.41, 5.74) is 0. The first-order chi connectivity index (χ1) is 6.55. The molecule has 1 rings (SSSR count). The van der Waals surface area contributed by atoms with Gasteiger partial charge in [-0.25, -0.2) is 9.89 Å². The van der Waals surface area contributed by atoms with Crippen LogP contribution in [0, 0.1) is 0 Å². The van der Waals surface area contributed by atoms with Crippen molar-refractivity contribution in [2.75, 3.05) is 14.2 Å². The van der Waals surface area contributed by atoms with Crippen molar-refractivity contribution in [1.29, 1.82) is 0 Å². The van der Waals surface area contributed by atoms with E-state index in [2.05, 4.69) is 19.9 Å². The smallest absolute Gasteiger partial charge is 0.252 e. The highest BCUT2D eigenvalue weighted by molar-refractivity contribution is 7.81. The molecule has 1 aliphatic heterocycles. The molecule has 6 nitrogen and oxygen atoms in total. The monoisotopic (exact) mass is 221 g/mol. The third-order valence-corrected chi connectivity index (χ3v) is 2.04. The van der Waals surface area contributed by atoms with Gasteiger partial charge in [-0.3, -0.25) is 8.37 Å². The summed E-state index contributed by atoms with van der Waals surface area (Å²) in [6, 6.07) is 0. The van der Waals surface area contributed by atoms with Crippen LogP contribution in [-0.4, -0.2) is 29.0 Å². The summed E-state index contributed by atoms with van der Waals surface area (Å²) in [4.78, 5) is 4.91. The molecular formula is C7H13N2O4S+. The molecule has 1 N–H and O–H groups in total. The van der Waals surface area contributed by atoms with Gasteiger partial charge in [-0.2, -0.15) is 8.42 Å². The number of nitrogens with one attached hydrogen (secondary N) is 1. The molecule has 1 heterocycles. The lowest BCUT2D eigenvalue weighted by Crippen LogP contribution is -3.00. The lowest BCUT2D eigenvalue weighted by molar-refractivity contribution is -0.670. The molecule has 7 heteroatoms. The highest BCUT2D eigenvalue weighted by Gasteiger charge is 2.01. The van der Waals surface area contributed by atoms with Gasteiger partial charge in [0.25, 0.3) is 0 Å². The average Bonchev–Trinajstić information content (AvgIpc) is 2.71. The molecule has 0 aliphatic carbocycles. The van der Waals surface area contributed by atoms with Gasteiger partial charge in [0.1, 0.15) is 6.20 Å². The normalized spacial score (nSPS) is 18.9. The Balaban J connectivity index is 0.000000241. The zero-order valence-corrected chi connectivity index (χ0v) is 8.82. The van der Waals surface area contributed by atoms with E-state index < -0.39 is 10.4 Å². The van der Waals surface area contributed by atoms with Crippen molar-refractivity contribution in [2.24, 2.45) is 4.99 Å². The van der Waals surface area contributed by atoms with E-state index in [0.29, 0.717) is 0 Å². The Morgan fingerprint density at radius 2 is 2.00 bits per heavy atom. The van der Waals surface area contributed by atoms with E-state index in [-0.39, 0.29) is 0 Å². The van der Waals surface area contributed by atoms with Crippen molar-refractivity contribution >= 4 is 16.7 Å². The molecule has 0 spiro atoms. The Morgan fingerprint density at radius 3 is 2.14 bits per heavy atom. The molecule has 1 atom stereocenters. The summed E-state index contributed by atoms with van der Waals surface area (Å²) < 4.78 is 27.5. The largest absolute Gasteiger partial charge is 0.399 e. The number of quaternary nitrogens is 1. The van der Waals surface area contributed by atoms with Gasteiger partial charge in [-0.05, 0) is 6.58 Å². The third-order valence-electron chi connectivity index (χ3n) is 1.22. The molecule has 1 aliphatic rings. The van der Waals surface area contributed by atoms with E-state index in [9.17, 15) is 8.42 Å². The minimum atomic E-state index is -3.66. The number of hydrogen-bond acceptors (Lipinski definition) is 5. The van der Waals surface area contributed by atoms with Crippen molar-refractivity contribution in [1.82, 2.24) is 0 Å². The van der Waals surface area contributed by atoms with Gasteiger partial charge in [0, 0.05) is 0 Å².